The number of Topliss-reactive ketones (excluding diaryl/α,β-unsaturated/α-hetero) is 1. The van der Waals surface area contributed by atoms with Gasteiger partial charge in [0.15, 0.2) is 0 Å². The van der Waals surface area contributed by atoms with E-state index in [1.807, 2.05) is 81.4 Å². The highest BCUT2D eigenvalue weighted by molar-refractivity contribution is 7.78. The number of ketones is 1. The average molecular weight is 314 g/mol. The third-order valence-electron chi connectivity index (χ3n) is 3.93. The Kier molecular flexibility index (Phi) is 5.37. The number of hydrogen-bond donors (Lipinski definition) is 0. The first-order valence-electron chi connectivity index (χ1n) is 7.69. The average Bonchev–Trinajstić information content (AvgIpc) is 2.55. The summed E-state index contributed by atoms with van der Waals surface area (Å²) in [5.74, 6) is -0.0756. The van der Waals surface area contributed by atoms with E-state index in [1.165, 1.54) is 0 Å². The summed E-state index contributed by atoms with van der Waals surface area (Å²) >= 11 is 0. The molecule has 0 aromatic heterocycles. The van der Waals surface area contributed by atoms with E-state index < -0.39 is 7.14 Å². The zero-order valence-corrected chi connectivity index (χ0v) is 14.3. The first kappa shape index (κ1) is 16.7. The fourth-order valence-corrected chi connectivity index (χ4v) is 5.72. The van der Waals surface area contributed by atoms with Crippen LogP contribution < -0.4 is 10.6 Å². The van der Waals surface area contributed by atoms with E-state index in [9.17, 15) is 9.36 Å². The zero-order chi connectivity index (χ0) is 16.2. The van der Waals surface area contributed by atoms with Crippen LogP contribution in [0.4, 0.5) is 0 Å². The molecule has 0 N–H and O–H groups in total. The monoisotopic (exact) mass is 314 g/mol. The van der Waals surface area contributed by atoms with Gasteiger partial charge in [-0.25, -0.2) is 0 Å². The number of rotatable bonds is 6. The van der Waals surface area contributed by atoms with Gasteiger partial charge in [0, 0.05) is 28.6 Å². The molecule has 2 aromatic carbocycles. The molecule has 2 rings (SSSR count). The quantitative estimate of drug-likeness (QED) is 0.759. The minimum absolute atomic E-state index is 0.0324. The Morgan fingerprint density at radius 2 is 1.27 bits per heavy atom. The third-order valence-corrected chi connectivity index (χ3v) is 7.26. The molecule has 116 valence electrons. The molecule has 0 aliphatic rings. The van der Waals surface area contributed by atoms with Crippen LogP contribution in [0.3, 0.4) is 0 Å². The van der Waals surface area contributed by atoms with Gasteiger partial charge in [-0.1, -0.05) is 81.4 Å². The normalized spacial score (nSPS) is 13.1. The van der Waals surface area contributed by atoms with Crippen molar-refractivity contribution in [2.45, 2.75) is 20.8 Å². The summed E-state index contributed by atoms with van der Waals surface area (Å²) in [7, 11) is -2.79. The van der Waals surface area contributed by atoms with Gasteiger partial charge in [0.1, 0.15) is 12.9 Å². The first-order valence-corrected chi connectivity index (χ1v) is 9.58. The Hall–Kier alpha value is -1.66. The molecule has 2 nitrogen and oxygen atoms in total. The Morgan fingerprint density at radius 1 is 0.864 bits per heavy atom. The molecule has 0 heterocycles. The summed E-state index contributed by atoms with van der Waals surface area (Å²) in [6.45, 7) is 5.68. The van der Waals surface area contributed by atoms with Crippen molar-refractivity contribution in [3.8, 4) is 0 Å². The van der Waals surface area contributed by atoms with Gasteiger partial charge in [0.25, 0.3) is 0 Å². The Balaban J connectivity index is 2.44. The molecule has 3 heteroatoms. The lowest BCUT2D eigenvalue weighted by molar-refractivity contribution is -0.124. The van der Waals surface area contributed by atoms with Crippen molar-refractivity contribution in [3.05, 3.63) is 60.7 Å². The fourth-order valence-electron chi connectivity index (χ4n) is 2.74. The number of hydrogen-bond acceptors (Lipinski definition) is 2. The fraction of sp³-hybridized carbons (Fsp3) is 0.316. The lowest BCUT2D eigenvalue weighted by Crippen LogP contribution is -2.27. The topological polar surface area (TPSA) is 34.1 Å². The molecule has 0 saturated carbocycles. The predicted octanol–water partition coefficient (Wildman–Crippen LogP) is 3.86. The van der Waals surface area contributed by atoms with Gasteiger partial charge in [-0.05, 0) is 0 Å². The minimum atomic E-state index is -2.79. The second-order valence-electron chi connectivity index (χ2n) is 6.05. The Labute approximate surface area is 132 Å². The highest BCUT2D eigenvalue weighted by atomic mass is 31.2. The van der Waals surface area contributed by atoms with Crippen LogP contribution in [0.2, 0.25) is 0 Å². The SMILES string of the molecule is CC(C)C(=O)C(C)CP(=O)(c1ccccc1)c1ccccc1. The van der Waals surface area contributed by atoms with Crippen molar-refractivity contribution in [2.24, 2.45) is 11.8 Å². The molecule has 0 fully saturated rings. The molecule has 0 amide bonds. The number of carbonyl (C=O) groups excluding carboxylic acids is 1. The van der Waals surface area contributed by atoms with Crippen LogP contribution in [0.25, 0.3) is 0 Å². The minimum Gasteiger partial charge on any atom is -0.314 e. The van der Waals surface area contributed by atoms with Gasteiger partial charge in [-0.15, -0.1) is 0 Å². The maximum Gasteiger partial charge on any atom is 0.143 e. The van der Waals surface area contributed by atoms with E-state index >= 15 is 0 Å². The van der Waals surface area contributed by atoms with E-state index in [0.29, 0.717) is 6.16 Å². The molecule has 0 saturated heterocycles. The van der Waals surface area contributed by atoms with Crippen LogP contribution in [0.1, 0.15) is 20.8 Å². The van der Waals surface area contributed by atoms with Gasteiger partial charge >= 0.3 is 0 Å². The molecule has 0 aliphatic heterocycles. The molecular weight excluding hydrogens is 291 g/mol. The summed E-state index contributed by atoms with van der Waals surface area (Å²) in [6.07, 6.45) is 0.387. The van der Waals surface area contributed by atoms with Crippen LogP contribution in [0, 0.1) is 11.8 Å². The molecule has 1 unspecified atom stereocenters. The summed E-state index contributed by atoms with van der Waals surface area (Å²) in [5.41, 5.74) is 0. The molecule has 0 radical (unpaired) electrons. The van der Waals surface area contributed by atoms with Gasteiger partial charge in [-0.2, -0.15) is 0 Å². The standard InChI is InChI=1S/C19H23O2P/c1-15(2)19(20)16(3)14-22(21,17-10-6-4-7-11-17)18-12-8-5-9-13-18/h4-13,15-16H,14H2,1-3H3. The summed E-state index contributed by atoms with van der Waals surface area (Å²) < 4.78 is 13.8. The molecule has 0 aliphatic carbocycles. The largest absolute Gasteiger partial charge is 0.314 e. The van der Waals surface area contributed by atoms with E-state index in [2.05, 4.69) is 0 Å². The zero-order valence-electron chi connectivity index (χ0n) is 13.4. The Bertz CT molecular complexity index is 619. The maximum atomic E-state index is 13.8. The van der Waals surface area contributed by atoms with Crippen LogP contribution in [-0.2, 0) is 9.36 Å². The van der Waals surface area contributed by atoms with E-state index in [-0.39, 0.29) is 17.6 Å². The van der Waals surface area contributed by atoms with Gasteiger partial charge in [-0.3, -0.25) is 4.79 Å². The van der Waals surface area contributed by atoms with Gasteiger partial charge in [0.2, 0.25) is 0 Å². The lowest BCUT2D eigenvalue weighted by Gasteiger charge is -2.23. The van der Waals surface area contributed by atoms with Crippen molar-refractivity contribution in [1.29, 1.82) is 0 Å². The molecule has 0 bridgehead atoms. The van der Waals surface area contributed by atoms with Crippen LogP contribution in [0.15, 0.2) is 60.7 Å². The summed E-state index contributed by atoms with van der Waals surface area (Å²) in [4.78, 5) is 12.3. The predicted molar refractivity (Wildman–Crippen MR) is 93.6 cm³/mol. The van der Waals surface area contributed by atoms with Gasteiger partial charge in [0.05, 0.1) is 0 Å². The Morgan fingerprint density at radius 3 is 1.64 bits per heavy atom. The van der Waals surface area contributed by atoms with Crippen molar-refractivity contribution in [2.75, 3.05) is 6.16 Å². The molecule has 22 heavy (non-hydrogen) atoms. The highest BCUT2D eigenvalue weighted by Crippen LogP contribution is 2.45. The van der Waals surface area contributed by atoms with Crippen LogP contribution in [0.5, 0.6) is 0 Å². The third kappa shape index (κ3) is 3.56. The van der Waals surface area contributed by atoms with Crippen LogP contribution in [-0.4, -0.2) is 11.9 Å². The molecule has 0 spiro atoms. The van der Waals surface area contributed by atoms with Crippen molar-refractivity contribution in [1.82, 2.24) is 0 Å². The maximum absolute atomic E-state index is 13.8. The van der Waals surface area contributed by atoms with Crippen molar-refractivity contribution >= 4 is 23.5 Å². The molecule has 2 aromatic rings. The van der Waals surface area contributed by atoms with E-state index in [4.69, 9.17) is 0 Å². The van der Waals surface area contributed by atoms with Crippen molar-refractivity contribution < 1.29 is 9.36 Å². The number of carbonyl (C=O) groups is 1. The van der Waals surface area contributed by atoms with Crippen molar-refractivity contribution in [3.63, 3.8) is 0 Å². The first-order chi connectivity index (χ1) is 10.4. The number of benzene rings is 2. The second-order valence-corrected chi connectivity index (χ2v) is 8.93. The highest BCUT2D eigenvalue weighted by Gasteiger charge is 2.32. The smallest absolute Gasteiger partial charge is 0.143 e. The van der Waals surface area contributed by atoms with E-state index in [0.717, 1.165) is 10.6 Å². The summed E-state index contributed by atoms with van der Waals surface area (Å²) in [5, 5.41) is 1.65. The van der Waals surface area contributed by atoms with Gasteiger partial charge < -0.3 is 4.57 Å². The van der Waals surface area contributed by atoms with Crippen LogP contribution >= 0.6 is 7.14 Å². The van der Waals surface area contributed by atoms with E-state index in [1.54, 1.807) is 0 Å². The molecule has 1 atom stereocenters. The molecular formula is C19H23O2P. The second kappa shape index (κ2) is 7.07. The lowest BCUT2D eigenvalue weighted by atomic mass is 9.99. The summed E-state index contributed by atoms with van der Waals surface area (Å²) in [6, 6.07) is 19.1.